The summed E-state index contributed by atoms with van der Waals surface area (Å²) in [4.78, 5) is 46.5. The average molecular weight is 785 g/mol. The molecule has 0 saturated carbocycles. The number of aromatic nitrogens is 4. The van der Waals surface area contributed by atoms with E-state index in [4.69, 9.17) is 19.4 Å². The number of allylic oxidation sites excluding steroid dienone is 1. The fourth-order valence-corrected chi connectivity index (χ4v) is 9.13. The molecule has 0 radical (unpaired) electrons. The van der Waals surface area contributed by atoms with Gasteiger partial charge in [-0.1, -0.05) is 121 Å². The zero-order chi connectivity index (χ0) is 40.7. The van der Waals surface area contributed by atoms with Crippen molar-refractivity contribution in [2.75, 3.05) is 14.2 Å². The summed E-state index contributed by atoms with van der Waals surface area (Å²) in [6.45, 7) is 0. The van der Waals surface area contributed by atoms with E-state index in [9.17, 15) is 9.59 Å². The third-order valence-corrected chi connectivity index (χ3v) is 11.8. The molecular formula is C52H40N4O4. The second kappa shape index (κ2) is 15.3. The van der Waals surface area contributed by atoms with E-state index in [-0.39, 0.29) is 0 Å². The highest BCUT2D eigenvalue weighted by molar-refractivity contribution is 6.11. The summed E-state index contributed by atoms with van der Waals surface area (Å²) in [7, 11) is 2.74. The van der Waals surface area contributed by atoms with Crippen molar-refractivity contribution < 1.29 is 19.1 Å². The van der Waals surface area contributed by atoms with Crippen molar-refractivity contribution in [1.29, 1.82) is 0 Å². The van der Waals surface area contributed by atoms with Crippen LogP contribution in [-0.2, 0) is 19.1 Å². The van der Waals surface area contributed by atoms with Gasteiger partial charge in [0, 0.05) is 44.3 Å². The molecule has 8 bridgehead atoms. The average Bonchev–Trinajstić information content (AvgIpc) is 4.14. The molecule has 2 N–H and O–H groups in total. The van der Waals surface area contributed by atoms with Crippen LogP contribution in [0.2, 0.25) is 0 Å². The maximum atomic E-state index is 14.2. The van der Waals surface area contributed by atoms with Crippen LogP contribution >= 0.6 is 0 Å². The van der Waals surface area contributed by atoms with Gasteiger partial charge in [-0.25, -0.2) is 9.97 Å². The molecule has 8 heteroatoms. The van der Waals surface area contributed by atoms with Crippen LogP contribution in [0.4, 0.5) is 0 Å². The van der Waals surface area contributed by atoms with Crippen LogP contribution in [0.15, 0.2) is 146 Å². The molecular weight excluding hydrogens is 745 g/mol. The van der Waals surface area contributed by atoms with Gasteiger partial charge in [0.2, 0.25) is 0 Å². The molecule has 0 saturated heterocycles. The number of carbonyl (C=O) groups excluding carboxylic acids is 2. The van der Waals surface area contributed by atoms with Gasteiger partial charge in [0.15, 0.2) is 0 Å². The zero-order valence-corrected chi connectivity index (χ0v) is 33.1. The number of carbonyl (C=O) groups is 2. The summed E-state index contributed by atoms with van der Waals surface area (Å²) in [5.41, 5.74) is 15.3. The Morgan fingerprint density at radius 3 is 1.33 bits per heavy atom. The predicted octanol–water partition coefficient (Wildman–Crippen LogP) is 11.4. The monoisotopic (exact) mass is 784 g/mol. The first-order chi connectivity index (χ1) is 29.5. The zero-order valence-electron chi connectivity index (χ0n) is 33.1. The van der Waals surface area contributed by atoms with Gasteiger partial charge in [0.1, 0.15) is 0 Å². The molecule has 3 aliphatic rings. The fourth-order valence-electron chi connectivity index (χ4n) is 9.13. The first-order valence-corrected chi connectivity index (χ1v) is 20.1. The number of esters is 2. The number of hydrogen-bond acceptors (Lipinski definition) is 6. The van der Waals surface area contributed by atoms with Crippen LogP contribution in [0, 0.1) is 11.8 Å². The van der Waals surface area contributed by atoms with Crippen LogP contribution in [0.5, 0.6) is 0 Å². The fraction of sp³-hybridized carbons (Fsp3) is 0.115. The quantitative estimate of drug-likeness (QED) is 0.162. The standard InChI is InChI=1S/C52H40N4O4/c1-59-51(57)36-24-23-35-47(48(36)52(58)60-2)50-46(34-21-13-6-14-22-34)42-30-28-40(55-42)44(32-17-9-4-10-18-32)38-26-25-37(53-38)43(31-15-7-3-8-16-31)39-27-29-41(54-39)45(49(35)56-50)33-19-11-5-12-20-33/h3-22,25-30,36,48,54-55H,23-24H2,1-2H3/t36-,48+/m1/s1. The summed E-state index contributed by atoms with van der Waals surface area (Å²) in [6, 6.07) is 49.2. The van der Waals surface area contributed by atoms with Gasteiger partial charge in [-0.2, -0.15) is 0 Å². The smallest absolute Gasteiger partial charge is 0.314 e. The highest BCUT2D eigenvalue weighted by Crippen LogP contribution is 2.52. The van der Waals surface area contributed by atoms with Crippen molar-refractivity contribution >= 4 is 57.3 Å². The van der Waals surface area contributed by atoms with Gasteiger partial charge >= 0.3 is 11.9 Å². The van der Waals surface area contributed by atoms with E-state index < -0.39 is 23.8 Å². The molecule has 0 spiro atoms. The molecule has 2 aliphatic heterocycles. The lowest BCUT2D eigenvalue weighted by atomic mass is 9.72. The minimum absolute atomic E-state index is 0.384. The number of rotatable bonds is 6. The number of nitrogens with one attached hydrogen (secondary N) is 2. The number of H-pyrrole nitrogens is 2. The summed E-state index contributed by atoms with van der Waals surface area (Å²) in [6.07, 6.45) is 5.05. The number of ether oxygens (including phenoxy) is 2. The predicted molar refractivity (Wildman–Crippen MR) is 239 cm³/mol. The minimum Gasteiger partial charge on any atom is -0.469 e. The molecule has 1 aliphatic carbocycles. The van der Waals surface area contributed by atoms with E-state index in [1.54, 1.807) is 0 Å². The molecule has 292 valence electrons. The lowest BCUT2D eigenvalue weighted by molar-refractivity contribution is -0.155. The number of nitrogens with zero attached hydrogens (tertiary/aromatic N) is 2. The maximum Gasteiger partial charge on any atom is 0.314 e. The number of methoxy groups -OCH3 is 2. The van der Waals surface area contributed by atoms with Crippen molar-refractivity contribution in [2.45, 2.75) is 12.8 Å². The van der Waals surface area contributed by atoms with Gasteiger partial charge in [-0.15, -0.1) is 0 Å². The Bertz CT molecular complexity index is 3040. The van der Waals surface area contributed by atoms with Crippen LogP contribution in [-0.4, -0.2) is 46.1 Å². The largest absolute Gasteiger partial charge is 0.469 e. The molecule has 4 aromatic carbocycles. The van der Waals surface area contributed by atoms with Crippen molar-refractivity contribution in [3.63, 3.8) is 0 Å². The molecule has 2 atom stereocenters. The van der Waals surface area contributed by atoms with Crippen molar-refractivity contribution in [3.05, 3.63) is 168 Å². The van der Waals surface area contributed by atoms with Crippen molar-refractivity contribution in [2.24, 2.45) is 11.8 Å². The summed E-state index contributed by atoms with van der Waals surface area (Å²) in [5, 5.41) is 0. The summed E-state index contributed by atoms with van der Waals surface area (Å²) < 4.78 is 10.9. The van der Waals surface area contributed by atoms with Gasteiger partial charge in [-0.05, 0) is 82.7 Å². The second-order valence-electron chi connectivity index (χ2n) is 15.1. The molecule has 0 amide bonds. The van der Waals surface area contributed by atoms with Crippen LogP contribution in [0.25, 0.3) is 89.9 Å². The second-order valence-corrected chi connectivity index (χ2v) is 15.1. The first-order valence-electron chi connectivity index (χ1n) is 20.1. The Kier molecular flexibility index (Phi) is 9.37. The van der Waals surface area contributed by atoms with E-state index in [1.165, 1.54) is 14.2 Å². The topological polar surface area (TPSA) is 110 Å². The summed E-state index contributed by atoms with van der Waals surface area (Å²) in [5.74, 6) is -2.71. The first kappa shape index (κ1) is 36.7. The Hall–Kier alpha value is -7.58. The Morgan fingerprint density at radius 1 is 0.500 bits per heavy atom. The normalized spacial score (nSPS) is 15.7. The van der Waals surface area contributed by atoms with E-state index in [2.05, 4.69) is 94.9 Å². The molecule has 3 aromatic heterocycles. The van der Waals surface area contributed by atoms with Gasteiger partial charge < -0.3 is 19.4 Å². The third-order valence-electron chi connectivity index (χ3n) is 11.8. The third kappa shape index (κ3) is 6.25. The molecule has 0 fully saturated rings. The van der Waals surface area contributed by atoms with E-state index in [1.807, 2.05) is 72.8 Å². The summed E-state index contributed by atoms with van der Waals surface area (Å²) >= 11 is 0. The van der Waals surface area contributed by atoms with Gasteiger partial charge in [0.05, 0.1) is 48.8 Å². The Labute approximate surface area is 346 Å². The molecule has 7 aromatic rings. The molecule has 10 rings (SSSR count). The van der Waals surface area contributed by atoms with Gasteiger partial charge in [-0.3, -0.25) is 9.59 Å². The van der Waals surface area contributed by atoms with E-state index >= 15 is 0 Å². The van der Waals surface area contributed by atoms with Crippen molar-refractivity contribution in [1.82, 2.24) is 19.9 Å². The van der Waals surface area contributed by atoms with Crippen LogP contribution < -0.4 is 0 Å². The number of hydrogen-bond donors (Lipinski definition) is 2. The van der Waals surface area contributed by atoms with Crippen molar-refractivity contribution in [3.8, 4) is 44.5 Å². The number of benzene rings is 4. The van der Waals surface area contributed by atoms with Gasteiger partial charge in [0.25, 0.3) is 0 Å². The Morgan fingerprint density at radius 2 is 0.900 bits per heavy atom. The maximum absolute atomic E-state index is 14.2. The highest BCUT2D eigenvalue weighted by atomic mass is 16.5. The molecule has 5 heterocycles. The molecule has 0 unspecified atom stereocenters. The lowest BCUT2D eigenvalue weighted by Crippen LogP contribution is -2.35. The SMILES string of the molecule is COC(=O)[C@@H]1C2=C(CC[C@H]1C(=O)OC)c1nc2c(-c2ccccc2)c2ccc([nH]2)c(-c2ccccc2)c2nc(c(-c3ccccc3)c3ccc([nH]3)c1-c1ccccc1)C=C2. The van der Waals surface area contributed by atoms with E-state index in [0.717, 1.165) is 89.2 Å². The lowest BCUT2D eigenvalue weighted by Gasteiger charge is -2.30. The highest BCUT2D eigenvalue weighted by Gasteiger charge is 2.46. The number of fused-ring (bicyclic) bond motifs is 10. The Balaban J connectivity index is 1.45. The van der Waals surface area contributed by atoms with Crippen LogP contribution in [0.1, 0.15) is 35.6 Å². The molecule has 60 heavy (non-hydrogen) atoms. The van der Waals surface area contributed by atoms with E-state index in [0.29, 0.717) is 24.1 Å². The number of aromatic amines is 2. The molecule has 8 nitrogen and oxygen atoms in total. The minimum atomic E-state index is -0.968. The van der Waals surface area contributed by atoms with Crippen LogP contribution in [0.3, 0.4) is 0 Å².